The molecule has 0 saturated heterocycles. The van der Waals surface area contributed by atoms with Crippen LogP contribution in [0.15, 0.2) is 60.7 Å². The Labute approximate surface area is 159 Å². The Balaban J connectivity index is 1.65. The lowest BCUT2D eigenvalue weighted by atomic mass is 10.1. The Kier molecular flexibility index (Phi) is 4.33. The number of rotatable bonds is 3. The van der Waals surface area contributed by atoms with Crippen molar-refractivity contribution in [3.8, 4) is 5.69 Å². The molecule has 0 aliphatic rings. The third-order valence-electron chi connectivity index (χ3n) is 4.14. The van der Waals surface area contributed by atoms with Gasteiger partial charge in [0, 0.05) is 16.3 Å². The van der Waals surface area contributed by atoms with Gasteiger partial charge in [0.15, 0.2) is 0 Å². The normalized spacial score (nSPS) is 10.9. The number of halogens is 2. The summed E-state index contributed by atoms with van der Waals surface area (Å²) >= 11 is 5.86. The fourth-order valence-electron chi connectivity index (χ4n) is 2.69. The van der Waals surface area contributed by atoms with E-state index in [-0.39, 0.29) is 11.7 Å². The number of benzene rings is 3. The van der Waals surface area contributed by atoms with Gasteiger partial charge in [0.2, 0.25) is 0 Å². The lowest BCUT2D eigenvalue weighted by molar-refractivity contribution is 0.102. The van der Waals surface area contributed by atoms with Gasteiger partial charge in [-0.3, -0.25) is 4.79 Å². The standard InChI is InChI=1S/C20H14ClFN4O/c1-12-10-18-19(25-26(24-18)16-8-6-15(22)7-9-16)11-17(12)23-20(27)13-2-4-14(21)5-3-13/h2-11H,1H3,(H,23,27). The number of anilines is 1. The van der Waals surface area contributed by atoms with E-state index >= 15 is 0 Å². The molecule has 0 saturated carbocycles. The minimum atomic E-state index is -0.321. The largest absolute Gasteiger partial charge is 0.322 e. The molecule has 0 unspecified atom stereocenters. The Morgan fingerprint density at radius 1 is 1.00 bits per heavy atom. The third-order valence-corrected chi connectivity index (χ3v) is 4.39. The maximum absolute atomic E-state index is 13.1. The maximum Gasteiger partial charge on any atom is 0.255 e. The lowest BCUT2D eigenvalue weighted by Crippen LogP contribution is -2.12. The number of carbonyl (C=O) groups is 1. The van der Waals surface area contributed by atoms with Crippen LogP contribution >= 0.6 is 11.6 Å². The lowest BCUT2D eigenvalue weighted by Gasteiger charge is -2.08. The molecule has 0 atom stereocenters. The summed E-state index contributed by atoms with van der Waals surface area (Å²) in [5.74, 6) is -0.557. The van der Waals surface area contributed by atoms with Crippen LogP contribution in [0.4, 0.5) is 10.1 Å². The molecule has 7 heteroatoms. The van der Waals surface area contributed by atoms with Crippen molar-refractivity contribution >= 4 is 34.2 Å². The van der Waals surface area contributed by atoms with E-state index in [4.69, 9.17) is 11.6 Å². The zero-order valence-corrected chi connectivity index (χ0v) is 15.0. The first-order valence-electron chi connectivity index (χ1n) is 8.20. The summed E-state index contributed by atoms with van der Waals surface area (Å²) in [7, 11) is 0. The second-order valence-electron chi connectivity index (χ2n) is 6.08. The Morgan fingerprint density at radius 2 is 1.63 bits per heavy atom. The highest BCUT2D eigenvalue weighted by molar-refractivity contribution is 6.30. The molecule has 1 heterocycles. The van der Waals surface area contributed by atoms with Gasteiger partial charge >= 0.3 is 0 Å². The average Bonchev–Trinajstić information content (AvgIpc) is 3.05. The zero-order chi connectivity index (χ0) is 19.0. The molecule has 4 aromatic rings. The number of hydrogen-bond acceptors (Lipinski definition) is 3. The first kappa shape index (κ1) is 17.2. The number of aromatic nitrogens is 3. The van der Waals surface area contributed by atoms with Crippen molar-refractivity contribution in [2.24, 2.45) is 0 Å². The summed E-state index contributed by atoms with van der Waals surface area (Å²) in [6.45, 7) is 1.88. The highest BCUT2D eigenvalue weighted by atomic mass is 35.5. The average molecular weight is 381 g/mol. The van der Waals surface area contributed by atoms with Gasteiger partial charge in [-0.05, 0) is 73.2 Å². The molecule has 27 heavy (non-hydrogen) atoms. The third kappa shape index (κ3) is 3.52. The van der Waals surface area contributed by atoms with Gasteiger partial charge in [0.1, 0.15) is 16.9 Å². The maximum atomic E-state index is 13.1. The number of carbonyl (C=O) groups excluding carboxylic acids is 1. The Morgan fingerprint density at radius 3 is 2.30 bits per heavy atom. The number of nitrogens with zero attached hydrogens (tertiary/aromatic N) is 3. The number of nitrogens with one attached hydrogen (secondary N) is 1. The van der Waals surface area contributed by atoms with Gasteiger partial charge < -0.3 is 5.32 Å². The van der Waals surface area contributed by atoms with Crippen molar-refractivity contribution in [3.63, 3.8) is 0 Å². The molecule has 0 aliphatic carbocycles. The van der Waals surface area contributed by atoms with E-state index in [2.05, 4.69) is 15.5 Å². The summed E-state index contributed by atoms with van der Waals surface area (Å²) in [6, 6.07) is 16.2. The summed E-state index contributed by atoms with van der Waals surface area (Å²) in [5.41, 5.74) is 3.97. The van der Waals surface area contributed by atoms with E-state index < -0.39 is 0 Å². The molecule has 5 nitrogen and oxygen atoms in total. The second kappa shape index (κ2) is 6.81. The molecule has 4 rings (SSSR count). The topological polar surface area (TPSA) is 59.8 Å². The predicted molar refractivity (Wildman–Crippen MR) is 103 cm³/mol. The second-order valence-corrected chi connectivity index (χ2v) is 6.52. The van der Waals surface area contributed by atoms with Crippen LogP contribution in [0.2, 0.25) is 5.02 Å². The van der Waals surface area contributed by atoms with Crippen LogP contribution in [0.3, 0.4) is 0 Å². The van der Waals surface area contributed by atoms with Gasteiger partial charge in [-0.1, -0.05) is 11.6 Å². The van der Waals surface area contributed by atoms with E-state index in [0.717, 1.165) is 5.56 Å². The van der Waals surface area contributed by atoms with Gasteiger partial charge in [-0.25, -0.2) is 4.39 Å². The summed E-state index contributed by atoms with van der Waals surface area (Å²) in [6.07, 6.45) is 0. The fraction of sp³-hybridized carbons (Fsp3) is 0.0500. The quantitative estimate of drug-likeness (QED) is 0.556. The van der Waals surface area contributed by atoms with Crippen molar-refractivity contribution < 1.29 is 9.18 Å². The van der Waals surface area contributed by atoms with E-state index in [1.54, 1.807) is 42.5 Å². The molecule has 134 valence electrons. The molecule has 1 aromatic heterocycles. The predicted octanol–water partition coefficient (Wildman–Crippen LogP) is 4.77. The van der Waals surface area contributed by atoms with Crippen molar-refractivity contribution in [1.82, 2.24) is 15.0 Å². The minimum Gasteiger partial charge on any atom is -0.322 e. The van der Waals surface area contributed by atoms with Crippen LogP contribution in [0.1, 0.15) is 15.9 Å². The monoisotopic (exact) mass is 380 g/mol. The molecule has 1 N–H and O–H groups in total. The van der Waals surface area contributed by atoms with Gasteiger partial charge in [-0.15, -0.1) is 10.2 Å². The fourth-order valence-corrected chi connectivity index (χ4v) is 2.81. The van der Waals surface area contributed by atoms with Crippen LogP contribution in [-0.4, -0.2) is 20.9 Å². The van der Waals surface area contributed by atoms with E-state index in [1.165, 1.54) is 16.9 Å². The molecule has 1 amide bonds. The summed E-state index contributed by atoms with van der Waals surface area (Å²) in [5, 5.41) is 12.3. The van der Waals surface area contributed by atoms with Crippen LogP contribution in [-0.2, 0) is 0 Å². The zero-order valence-electron chi connectivity index (χ0n) is 14.3. The molecular formula is C20H14ClFN4O. The summed E-state index contributed by atoms with van der Waals surface area (Å²) in [4.78, 5) is 13.9. The number of fused-ring (bicyclic) bond motifs is 1. The highest BCUT2D eigenvalue weighted by Gasteiger charge is 2.12. The first-order chi connectivity index (χ1) is 13.0. The Bertz CT molecular complexity index is 1140. The molecule has 0 bridgehead atoms. The van der Waals surface area contributed by atoms with E-state index in [1.807, 2.05) is 13.0 Å². The van der Waals surface area contributed by atoms with Gasteiger partial charge in [0.05, 0.1) is 5.69 Å². The Hall–Kier alpha value is -3.25. The van der Waals surface area contributed by atoms with Crippen molar-refractivity contribution in [1.29, 1.82) is 0 Å². The SMILES string of the molecule is Cc1cc2nn(-c3ccc(F)cc3)nc2cc1NC(=O)c1ccc(Cl)cc1. The van der Waals surface area contributed by atoms with Gasteiger partial charge in [0.25, 0.3) is 5.91 Å². The van der Waals surface area contributed by atoms with Crippen molar-refractivity contribution in [2.45, 2.75) is 6.92 Å². The molecule has 0 aliphatic heterocycles. The van der Waals surface area contributed by atoms with Crippen molar-refractivity contribution in [3.05, 3.63) is 82.6 Å². The minimum absolute atomic E-state index is 0.236. The number of aryl methyl sites for hydroxylation is 1. The van der Waals surface area contributed by atoms with E-state index in [9.17, 15) is 9.18 Å². The number of hydrogen-bond donors (Lipinski definition) is 1. The van der Waals surface area contributed by atoms with Crippen LogP contribution in [0, 0.1) is 12.7 Å². The molecule has 3 aromatic carbocycles. The molecule has 0 spiro atoms. The molecule has 0 fully saturated rings. The first-order valence-corrected chi connectivity index (χ1v) is 8.58. The molecule has 0 radical (unpaired) electrons. The van der Waals surface area contributed by atoms with Crippen molar-refractivity contribution in [2.75, 3.05) is 5.32 Å². The van der Waals surface area contributed by atoms with Crippen LogP contribution < -0.4 is 5.32 Å². The summed E-state index contributed by atoms with van der Waals surface area (Å²) < 4.78 is 13.1. The van der Waals surface area contributed by atoms with E-state index in [0.29, 0.717) is 33.0 Å². The smallest absolute Gasteiger partial charge is 0.255 e. The highest BCUT2D eigenvalue weighted by Crippen LogP contribution is 2.23. The number of amides is 1. The van der Waals surface area contributed by atoms with Gasteiger partial charge in [-0.2, -0.15) is 4.80 Å². The molecular weight excluding hydrogens is 367 g/mol. The van der Waals surface area contributed by atoms with Crippen LogP contribution in [0.25, 0.3) is 16.7 Å². The van der Waals surface area contributed by atoms with Crippen LogP contribution in [0.5, 0.6) is 0 Å².